The SMILES string of the molecule is CC.CCc1cc(CC)c2c(CC3CC3)c(F)ccc2c1. The summed E-state index contributed by atoms with van der Waals surface area (Å²) in [6, 6.07) is 8.08. The van der Waals surface area contributed by atoms with Gasteiger partial charge in [0.2, 0.25) is 0 Å². The quantitative estimate of drug-likeness (QED) is 0.638. The van der Waals surface area contributed by atoms with E-state index in [1.165, 1.54) is 34.7 Å². The number of hydrogen-bond donors (Lipinski definition) is 0. The Morgan fingerprint density at radius 2 is 1.76 bits per heavy atom. The van der Waals surface area contributed by atoms with Crippen molar-refractivity contribution < 1.29 is 4.39 Å². The Balaban J connectivity index is 0.000000774. The van der Waals surface area contributed by atoms with Crippen molar-refractivity contribution in [3.8, 4) is 0 Å². The Labute approximate surface area is 128 Å². The number of benzene rings is 2. The van der Waals surface area contributed by atoms with Crippen molar-refractivity contribution >= 4 is 10.8 Å². The number of aryl methyl sites for hydroxylation is 2. The summed E-state index contributed by atoms with van der Waals surface area (Å²) in [4.78, 5) is 0. The number of hydrogen-bond acceptors (Lipinski definition) is 0. The van der Waals surface area contributed by atoms with Crippen molar-refractivity contribution in [2.75, 3.05) is 0 Å². The molecule has 0 radical (unpaired) electrons. The molecule has 0 saturated heterocycles. The van der Waals surface area contributed by atoms with E-state index in [1.807, 2.05) is 19.9 Å². The molecule has 1 aliphatic rings. The van der Waals surface area contributed by atoms with Crippen LogP contribution in [-0.2, 0) is 19.3 Å². The molecular formula is C20H27F. The van der Waals surface area contributed by atoms with Gasteiger partial charge in [0, 0.05) is 0 Å². The molecule has 21 heavy (non-hydrogen) atoms. The monoisotopic (exact) mass is 286 g/mol. The third kappa shape index (κ3) is 3.45. The minimum atomic E-state index is -0.0154. The highest BCUT2D eigenvalue weighted by Crippen LogP contribution is 2.37. The van der Waals surface area contributed by atoms with Crippen LogP contribution in [0.2, 0.25) is 0 Å². The molecule has 0 amide bonds. The summed E-state index contributed by atoms with van der Waals surface area (Å²) in [5, 5.41) is 2.40. The molecule has 2 aromatic carbocycles. The Bertz CT molecular complexity index is 609. The summed E-state index contributed by atoms with van der Waals surface area (Å²) in [5.74, 6) is 0.703. The van der Waals surface area contributed by atoms with Gasteiger partial charge in [-0.15, -0.1) is 0 Å². The second-order valence-electron chi connectivity index (χ2n) is 5.73. The van der Waals surface area contributed by atoms with Gasteiger partial charge in [-0.1, -0.05) is 45.9 Å². The summed E-state index contributed by atoms with van der Waals surface area (Å²) in [5.41, 5.74) is 3.62. The van der Waals surface area contributed by atoms with Crippen LogP contribution in [-0.4, -0.2) is 0 Å². The third-order valence-electron chi connectivity index (χ3n) is 4.29. The van der Waals surface area contributed by atoms with Crippen LogP contribution in [0, 0.1) is 11.7 Å². The van der Waals surface area contributed by atoms with E-state index in [-0.39, 0.29) is 5.82 Å². The maximum Gasteiger partial charge on any atom is 0.127 e. The molecule has 0 unspecified atom stereocenters. The average Bonchev–Trinajstić information content (AvgIpc) is 3.35. The maximum atomic E-state index is 14.2. The molecule has 0 nitrogen and oxygen atoms in total. The van der Waals surface area contributed by atoms with E-state index in [0.717, 1.165) is 30.7 Å². The molecule has 1 heteroatoms. The summed E-state index contributed by atoms with van der Waals surface area (Å²) in [6.07, 6.45) is 5.47. The maximum absolute atomic E-state index is 14.2. The number of halogens is 1. The highest BCUT2D eigenvalue weighted by atomic mass is 19.1. The summed E-state index contributed by atoms with van der Waals surface area (Å²) in [7, 11) is 0. The molecular weight excluding hydrogens is 259 g/mol. The highest BCUT2D eigenvalue weighted by molar-refractivity contribution is 5.90. The Morgan fingerprint density at radius 3 is 2.33 bits per heavy atom. The fourth-order valence-corrected chi connectivity index (χ4v) is 2.97. The molecule has 0 N–H and O–H groups in total. The minimum Gasteiger partial charge on any atom is -0.207 e. The molecule has 0 bridgehead atoms. The highest BCUT2D eigenvalue weighted by Gasteiger charge is 2.24. The molecule has 0 atom stereocenters. The first kappa shape index (κ1) is 16.0. The molecule has 3 rings (SSSR count). The van der Waals surface area contributed by atoms with E-state index in [1.54, 1.807) is 6.07 Å². The first-order valence-corrected chi connectivity index (χ1v) is 8.45. The van der Waals surface area contributed by atoms with E-state index in [4.69, 9.17) is 0 Å². The summed E-state index contributed by atoms with van der Waals surface area (Å²) >= 11 is 0. The lowest BCUT2D eigenvalue weighted by atomic mass is 9.92. The second kappa shape index (κ2) is 7.06. The lowest BCUT2D eigenvalue weighted by molar-refractivity contribution is 0.605. The summed E-state index contributed by atoms with van der Waals surface area (Å²) in [6.45, 7) is 8.34. The van der Waals surface area contributed by atoms with E-state index in [9.17, 15) is 4.39 Å². The van der Waals surface area contributed by atoms with Crippen LogP contribution in [0.15, 0.2) is 24.3 Å². The molecule has 0 heterocycles. The van der Waals surface area contributed by atoms with Crippen LogP contribution in [0.3, 0.4) is 0 Å². The van der Waals surface area contributed by atoms with Gasteiger partial charge < -0.3 is 0 Å². The zero-order chi connectivity index (χ0) is 15.4. The van der Waals surface area contributed by atoms with Crippen LogP contribution in [0.1, 0.15) is 57.2 Å². The summed E-state index contributed by atoms with van der Waals surface area (Å²) < 4.78 is 14.2. The molecule has 1 saturated carbocycles. The molecule has 114 valence electrons. The zero-order valence-electron chi connectivity index (χ0n) is 13.8. The molecule has 2 aromatic rings. The first-order chi connectivity index (χ1) is 10.2. The van der Waals surface area contributed by atoms with E-state index < -0.39 is 0 Å². The van der Waals surface area contributed by atoms with Gasteiger partial charge in [0.15, 0.2) is 0 Å². The molecule has 1 aliphatic carbocycles. The van der Waals surface area contributed by atoms with Crippen LogP contribution >= 0.6 is 0 Å². The zero-order valence-corrected chi connectivity index (χ0v) is 13.8. The van der Waals surface area contributed by atoms with Crippen molar-refractivity contribution in [2.24, 2.45) is 5.92 Å². The van der Waals surface area contributed by atoms with Gasteiger partial charge in [0.25, 0.3) is 0 Å². The predicted molar refractivity (Wildman–Crippen MR) is 90.4 cm³/mol. The lowest BCUT2D eigenvalue weighted by Crippen LogP contribution is -1.99. The molecule has 0 aliphatic heterocycles. The fourth-order valence-electron chi connectivity index (χ4n) is 2.97. The van der Waals surface area contributed by atoms with Crippen molar-refractivity contribution in [2.45, 2.75) is 59.8 Å². The van der Waals surface area contributed by atoms with Crippen molar-refractivity contribution in [3.63, 3.8) is 0 Å². The predicted octanol–water partition coefficient (Wildman–Crippen LogP) is 6.08. The van der Waals surface area contributed by atoms with Gasteiger partial charge in [0.05, 0.1) is 0 Å². The van der Waals surface area contributed by atoms with E-state index in [2.05, 4.69) is 26.0 Å². The first-order valence-electron chi connectivity index (χ1n) is 8.45. The third-order valence-corrected chi connectivity index (χ3v) is 4.29. The largest absolute Gasteiger partial charge is 0.207 e. The standard InChI is InChI=1S/C18H21F.C2H6/c1-3-12-9-14(4-2)18-15(10-12)7-8-17(19)16(18)11-13-5-6-13;1-2/h7-10,13H,3-6,11H2,1-2H3;1-2H3. The Morgan fingerprint density at radius 1 is 1.05 bits per heavy atom. The smallest absolute Gasteiger partial charge is 0.127 e. The van der Waals surface area contributed by atoms with Crippen molar-refractivity contribution in [1.29, 1.82) is 0 Å². The van der Waals surface area contributed by atoms with Gasteiger partial charge in [-0.25, -0.2) is 4.39 Å². The fraction of sp³-hybridized carbons (Fsp3) is 0.500. The van der Waals surface area contributed by atoms with Crippen LogP contribution < -0.4 is 0 Å². The second-order valence-corrected chi connectivity index (χ2v) is 5.73. The van der Waals surface area contributed by atoms with Gasteiger partial charge in [0.1, 0.15) is 5.82 Å². The van der Waals surface area contributed by atoms with E-state index >= 15 is 0 Å². The van der Waals surface area contributed by atoms with Gasteiger partial charge >= 0.3 is 0 Å². The van der Waals surface area contributed by atoms with E-state index in [0.29, 0.717) is 0 Å². The lowest BCUT2D eigenvalue weighted by Gasteiger charge is -2.13. The molecule has 0 spiro atoms. The molecule has 0 aromatic heterocycles. The van der Waals surface area contributed by atoms with Crippen LogP contribution in [0.4, 0.5) is 4.39 Å². The molecule has 1 fully saturated rings. The topological polar surface area (TPSA) is 0 Å². The van der Waals surface area contributed by atoms with Crippen molar-refractivity contribution in [3.05, 3.63) is 46.8 Å². The van der Waals surface area contributed by atoms with Gasteiger partial charge in [-0.3, -0.25) is 0 Å². The van der Waals surface area contributed by atoms with Gasteiger partial charge in [-0.05, 0) is 71.6 Å². The van der Waals surface area contributed by atoms with Crippen molar-refractivity contribution in [1.82, 2.24) is 0 Å². The van der Waals surface area contributed by atoms with Crippen LogP contribution in [0.25, 0.3) is 10.8 Å². The Hall–Kier alpha value is -1.37. The minimum absolute atomic E-state index is 0.0154. The Kier molecular flexibility index (Phi) is 5.39. The normalized spacial score (nSPS) is 14.0. The van der Waals surface area contributed by atoms with Crippen LogP contribution in [0.5, 0.6) is 0 Å². The van der Waals surface area contributed by atoms with Gasteiger partial charge in [-0.2, -0.15) is 0 Å². The number of fused-ring (bicyclic) bond motifs is 1. The number of rotatable bonds is 4. The average molecular weight is 286 g/mol.